The van der Waals surface area contributed by atoms with Gasteiger partial charge in [0.25, 0.3) is 0 Å². The Morgan fingerprint density at radius 1 is 0.327 bits per heavy atom. The smallest absolute Gasteiger partial charge is 0.167 e. The van der Waals surface area contributed by atoms with Gasteiger partial charge in [-0.15, -0.1) is 0 Å². The lowest BCUT2D eigenvalue weighted by Gasteiger charge is -2.10. The first-order valence-electron chi connectivity index (χ1n) is 16.4. The van der Waals surface area contributed by atoms with Crippen LogP contribution in [-0.2, 0) is 0 Å². The molecule has 10 aromatic rings. The highest BCUT2D eigenvalue weighted by molar-refractivity contribution is 6.13. The van der Waals surface area contributed by atoms with E-state index in [1.807, 2.05) is 12.1 Å². The molecule has 10 rings (SSSR count). The molecule has 0 saturated carbocycles. The van der Waals surface area contributed by atoms with Crippen LogP contribution in [0.15, 0.2) is 168 Å². The van der Waals surface area contributed by atoms with Crippen LogP contribution in [0, 0.1) is 0 Å². The van der Waals surface area contributed by atoms with E-state index in [-0.39, 0.29) is 0 Å². The molecule has 0 bridgehead atoms. The van der Waals surface area contributed by atoms with Crippen LogP contribution in [0.2, 0.25) is 0 Å². The van der Waals surface area contributed by atoms with Gasteiger partial charge < -0.3 is 4.42 Å². The fourth-order valence-electron chi connectivity index (χ4n) is 6.94. The van der Waals surface area contributed by atoms with Crippen molar-refractivity contribution in [2.45, 2.75) is 0 Å². The molecule has 0 aliphatic rings. The molecule has 0 radical (unpaired) electrons. The van der Waals surface area contributed by atoms with Crippen molar-refractivity contribution >= 4 is 54.3 Å². The molecule has 0 aliphatic heterocycles. The van der Waals surface area contributed by atoms with E-state index in [0.717, 1.165) is 60.2 Å². The number of benzene rings is 8. The van der Waals surface area contributed by atoms with Crippen LogP contribution in [0.1, 0.15) is 0 Å². The highest BCUT2D eigenvalue weighted by Gasteiger charge is 2.18. The topological polar surface area (TPSA) is 51.8 Å². The van der Waals surface area contributed by atoms with Crippen molar-refractivity contribution in [2.75, 3.05) is 0 Å². The number of hydrogen-bond acceptors (Lipinski definition) is 4. The van der Waals surface area contributed by atoms with Gasteiger partial charge in [-0.2, -0.15) is 0 Å². The molecular weight excluding hydrogens is 599 g/mol. The zero-order valence-corrected chi connectivity index (χ0v) is 26.3. The van der Waals surface area contributed by atoms with E-state index in [1.54, 1.807) is 0 Å². The highest BCUT2D eigenvalue weighted by atomic mass is 16.3. The van der Waals surface area contributed by atoms with Gasteiger partial charge in [0.2, 0.25) is 0 Å². The summed E-state index contributed by atoms with van der Waals surface area (Å²) in [6, 6.07) is 57.1. The van der Waals surface area contributed by atoms with Crippen molar-refractivity contribution in [1.82, 2.24) is 15.0 Å². The van der Waals surface area contributed by atoms with E-state index in [0.29, 0.717) is 17.5 Å². The molecule has 4 nitrogen and oxygen atoms in total. The van der Waals surface area contributed by atoms with E-state index in [4.69, 9.17) is 19.4 Å². The summed E-state index contributed by atoms with van der Waals surface area (Å²) in [6.45, 7) is 0. The summed E-state index contributed by atoms with van der Waals surface area (Å²) in [5, 5.41) is 9.01. The van der Waals surface area contributed by atoms with E-state index in [2.05, 4.69) is 152 Å². The molecular formula is C45H27N3O. The Balaban J connectivity index is 1.19. The lowest BCUT2D eigenvalue weighted by molar-refractivity contribution is 0.670. The Hall–Kier alpha value is -6.65. The van der Waals surface area contributed by atoms with Crippen molar-refractivity contribution < 1.29 is 4.42 Å². The average molecular weight is 626 g/mol. The SMILES string of the molecule is c1ccc(-c2ccc3ccc(-c4nc(-c5ccc6ccccc6c5)nc(-c5cccc6c5oc5cc7ccccc7cc56)n4)cc3c2)cc1. The fraction of sp³-hybridized carbons (Fsp3) is 0. The van der Waals surface area contributed by atoms with Crippen LogP contribution in [0.25, 0.3) is 99.5 Å². The summed E-state index contributed by atoms with van der Waals surface area (Å²) in [6.07, 6.45) is 0. The number of para-hydroxylation sites is 1. The molecule has 0 unspecified atom stereocenters. The molecule has 0 saturated heterocycles. The van der Waals surface area contributed by atoms with Crippen molar-refractivity contribution in [3.05, 3.63) is 164 Å². The fourth-order valence-corrected chi connectivity index (χ4v) is 6.94. The Kier molecular flexibility index (Phi) is 6.15. The van der Waals surface area contributed by atoms with E-state index in [9.17, 15) is 0 Å². The molecule has 8 aromatic carbocycles. The maximum Gasteiger partial charge on any atom is 0.167 e. The van der Waals surface area contributed by atoms with E-state index in [1.165, 1.54) is 21.9 Å². The Morgan fingerprint density at radius 3 is 1.61 bits per heavy atom. The largest absolute Gasteiger partial charge is 0.455 e. The summed E-state index contributed by atoms with van der Waals surface area (Å²) in [5.41, 5.74) is 6.64. The number of rotatable bonds is 4. The average Bonchev–Trinajstić information content (AvgIpc) is 3.54. The summed E-state index contributed by atoms with van der Waals surface area (Å²) >= 11 is 0. The number of furan rings is 1. The van der Waals surface area contributed by atoms with Crippen LogP contribution < -0.4 is 0 Å². The quantitative estimate of drug-likeness (QED) is 0.195. The second-order valence-electron chi connectivity index (χ2n) is 12.5. The normalized spacial score (nSPS) is 11.7. The van der Waals surface area contributed by atoms with E-state index >= 15 is 0 Å². The zero-order valence-electron chi connectivity index (χ0n) is 26.3. The Labute approximate surface area is 282 Å². The molecule has 2 aromatic heterocycles. The maximum absolute atomic E-state index is 6.61. The van der Waals surface area contributed by atoms with Gasteiger partial charge in [-0.1, -0.05) is 127 Å². The van der Waals surface area contributed by atoms with Crippen molar-refractivity contribution in [2.24, 2.45) is 0 Å². The monoisotopic (exact) mass is 625 g/mol. The van der Waals surface area contributed by atoms with Gasteiger partial charge in [-0.05, 0) is 79.8 Å². The van der Waals surface area contributed by atoms with Gasteiger partial charge in [0.15, 0.2) is 17.5 Å². The minimum atomic E-state index is 0.570. The van der Waals surface area contributed by atoms with Gasteiger partial charge in [0, 0.05) is 21.9 Å². The predicted molar refractivity (Wildman–Crippen MR) is 201 cm³/mol. The molecule has 0 amide bonds. The molecule has 0 fully saturated rings. The van der Waals surface area contributed by atoms with Crippen LogP contribution >= 0.6 is 0 Å². The summed E-state index contributed by atoms with van der Waals surface area (Å²) in [7, 11) is 0. The summed E-state index contributed by atoms with van der Waals surface area (Å²) < 4.78 is 6.61. The van der Waals surface area contributed by atoms with Crippen LogP contribution in [-0.4, -0.2) is 15.0 Å². The molecule has 0 aliphatic carbocycles. The molecule has 228 valence electrons. The van der Waals surface area contributed by atoms with Crippen LogP contribution in [0.4, 0.5) is 0 Å². The number of nitrogens with zero attached hydrogens (tertiary/aromatic N) is 3. The standard InChI is InChI=1S/C45H27N3O/c1-2-9-28(10-3-1)34-20-17-30-19-22-36(25-37(30)24-34)44-46-43(35-21-18-29-11-4-5-12-31(29)23-35)47-45(48-44)39-16-8-15-38-40-26-32-13-6-7-14-33(32)27-41(40)49-42(38)39/h1-27H. The Bertz CT molecular complexity index is 2890. The predicted octanol–water partition coefficient (Wildman–Crippen LogP) is 11.9. The number of fused-ring (bicyclic) bond motifs is 6. The minimum absolute atomic E-state index is 0.570. The third-order valence-corrected chi connectivity index (χ3v) is 9.45. The molecule has 0 atom stereocenters. The summed E-state index contributed by atoms with van der Waals surface area (Å²) in [4.78, 5) is 15.4. The van der Waals surface area contributed by atoms with Crippen LogP contribution in [0.5, 0.6) is 0 Å². The van der Waals surface area contributed by atoms with Crippen molar-refractivity contribution in [3.8, 4) is 45.3 Å². The van der Waals surface area contributed by atoms with Crippen LogP contribution in [0.3, 0.4) is 0 Å². The highest BCUT2D eigenvalue weighted by Crippen LogP contribution is 2.38. The molecule has 0 N–H and O–H groups in total. The zero-order chi connectivity index (χ0) is 32.3. The third-order valence-electron chi connectivity index (χ3n) is 9.45. The van der Waals surface area contributed by atoms with Gasteiger partial charge in [-0.3, -0.25) is 0 Å². The third kappa shape index (κ3) is 4.73. The summed E-state index contributed by atoms with van der Waals surface area (Å²) in [5.74, 6) is 1.79. The first kappa shape index (κ1) is 27.5. The lowest BCUT2D eigenvalue weighted by atomic mass is 9.99. The molecule has 0 spiro atoms. The second-order valence-corrected chi connectivity index (χ2v) is 12.5. The molecule has 4 heteroatoms. The molecule has 49 heavy (non-hydrogen) atoms. The van der Waals surface area contributed by atoms with Gasteiger partial charge >= 0.3 is 0 Å². The first-order chi connectivity index (χ1) is 24.2. The number of hydrogen-bond donors (Lipinski definition) is 0. The van der Waals surface area contributed by atoms with Gasteiger partial charge in [0.1, 0.15) is 11.2 Å². The van der Waals surface area contributed by atoms with Gasteiger partial charge in [-0.25, -0.2) is 15.0 Å². The maximum atomic E-state index is 6.61. The van der Waals surface area contributed by atoms with Crippen molar-refractivity contribution in [3.63, 3.8) is 0 Å². The molecule has 2 heterocycles. The van der Waals surface area contributed by atoms with Gasteiger partial charge in [0.05, 0.1) is 5.56 Å². The van der Waals surface area contributed by atoms with E-state index < -0.39 is 0 Å². The van der Waals surface area contributed by atoms with Crippen molar-refractivity contribution in [1.29, 1.82) is 0 Å². The first-order valence-corrected chi connectivity index (χ1v) is 16.4. The second kappa shape index (κ2) is 11.0. The Morgan fingerprint density at radius 2 is 0.878 bits per heavy atom. The number of aromatic nitrogens is 3. The minimum Gasteiger partial charge on any atom is -0.455 e. The lowest BCUT2D eigenvalue weighted by Crippen LogP contribution is -2.00.